The van der Waals surface area contributed by atoms with Crippen molar-refractivity contribution in [2.24, 2.45) is 21.5 Å². The van der Waals surface area contributed by atoms with E-state index in [1.54, 1.807) is 0 Å². The average Bonchev–Trinajstić information content (AvgIpc) is 3.12. The van der Waals surface area contributed by atoms with Crippen LogP contribution in [0.3, 0.4) is 0 Å². The molecule has 2 fully saturated rings. The van der Waals surface area contributed by atoms with Crippen LogP contribution in [-0.4, -0.2) is 27.5 Å². The minimum atomic E-state index is -0.409. The Labute approximate surface area is 165 Å². The number of nitrogens with zero attached hydrogens (tertiary/aromatic N) is 4. The van der Waals surface area contributed by atoms with E-state index in [0.29, 0.717) is 11.9 Å². The van der Waals surface area contributed by atoms with E-state index in [9.17, 15) is 0 Å². The lowest BCUT2D eigenvalue weighted by atomic mass is 9.87. The van der Waals surface area contributed by atoms with E-state index in [2.05, 4.69) is 33.1 Å². The van der Waals surface area contributed by atoms with E-state index in [1.807, 2.05) is 0 Å². The minimum absolute atomic E-state index is 0.290. The highest BCUT2D eigenvalue weighted by Gasteiger charge is 2.42. The van der Waals surface area contributed by atoms with E-state index < -0.39 is 5.66 Å². The molecule has 1 spiro atoms. The summed E-state index contributed by atoms with van der Waals surface area (Å²) < 4.78 is 0. The van der Waals surface area contributed by atoms with Crippen LogP contribution in [0.2, 0.25) is 0 Å². The number of imidazole rings is 1. The van der Waals surface area contributed by atoms with Crippen molar-refractivity contribution < 1.29 is 0 Å². The molecule has 0 radical (unpaired) electrons. The first-order valence-electron chi connectivity index (χ1n) is 10.6. The fraction of sp³-hybridized carbons (Fsp3) is 0.571. The standard InChI is InChI=1S/C21H29N7/c22-19-26-20(23)28(21(27-19)11-5-2-6-12-21)15-9-10-16-17(13-15)25-18(24-16)14-7-3-1-4-8-14/h9-10,13-14H,1-8,11-12H2,(H,24,25)(H4,22,23,26,27). The molecule has 0 bridgehead atoms. The molecule has 7 heteroatoms. The predicted octanol–water partition coefficient (Wildman–Crippen LogP) is 3.72. The number of H-pyrrole nitrogens is 1. The molecule has 0 amide bonds. The number of fused-ring (bicyclic) bond motifs is 1. The number of guanidine groups is 2. The molecule has 2 aromatic rings. The SMILES string of the molecule is NC1=NC2(CCCCC2)N(c2ccc3nc(C4CCCCC4)[nH]c3c2)C(N)=N1. The Bertz CT molecular complexity index is 929. The zero-order valence-corrected chi connectivity index (χ0v) is 16.3. The van der Waals surface area contributed by atoms with E-state index in [-0.39, 0.29) is 5.96 Å². The van der Waals surface area contributed by atoms with Gasteiger partial charge in [0, 0.05) is 11.6 Å². The Balaban J connectivity index is 1.53. The summed E-state index contributed by atoms with van der Waals surface area (Å²) in [5.74, 6) is 2.40. The van der Waals surface area contributed by atoms with Crippen LogP contribution in [0.5, 0.6) is 0 Å². The largest absolute Gasteiger partial charge is 0.369 e. The zero-order valence-electron chi connectivity index (χ0n) is 16.3. The van der Waals surface area contributed by atoms with Gasteiger partial charge in [0.05, 0.1) is 11.0 Å². The highest BCUT2D eigenvalue weighted by atomic mass is 15.4. The number of nitrogens with one attached hydrogen (secondary N) is 1. The second-order valence-corrected chi connectivity index (χ2v) is 8.48. The number of hydrogen-bond donors (Lipinski definition) is 3. The second kappa shape index (κ2) is 6.79. The van der Waals surface area contributed by atoms with Crippen LogP contribution in [0.25, 0.3) is 11.0 Å². The zero-order chi connectivity index (χ0) is 19.1. The van der Waals surface area contributed by atoms with Crippen molar-refractivity contribution in [1.29, 1.82) is 0 Å². The first-order chi connectivity index (χ1) is 13.6. The van der Waals surface area contributed by atoms with E-state index in [0.717, 1.165) is 48.2 Å². The molecular formula is C21H29N7. The Morgan fingerprint density at radius 2 is 1.75 bits per heavy atom. The summed E-state index contributed by atoms with van der Waals surface area (Å²) in [6.07, 6.45) is 11.8. The van der Waals surface area contributed by atoms with Crippen LogP contribution in [0.4, 0.5) is 5.69 Å². The topological polar surface area (TPSA) is 109 Å². The summed E-state index contributed by atoms with van der Waals surface area (Å²) >= 11 is 0. The monoisotopic (exact) mass is 379 g/mol. The van der Waals surface area contributed by atoms with Gasteiger partial charge in [-0.25, -0.2) is 9.98 Å². The molecule has 0 unspecified atom stereocenters. The fourth-order valence-corrected chi connectivity index (χ4v) is 5.22. The van der Waals surface area contributed by atoms with Gasteiger partial charge in [-0.3, -0.25) is 4.90 Å². The highest BCUT2D eigenvalue weighted by molar-refractivity contribution is 6.06. The smallest absolute Gasteiger partial charge is 0.220 e. The van der Waals surface area contributed by atoms with Crippen LogP contribution in [0, 0.1) is 0 Å². The van der Waals surface area contributed by atoms with Gasteiger partial charge in [0.15, 0.2) is 0 Å². The van der Waals surface area contributed by atoms with Gasteiger partial charge in [-0.2, -0.15) is 4.99 Å². The average molecular weight is 380 g/mol. The van der Waals surface area contributed by atoms with Gasteiger partial charge < -0.3 is 16.5 Å². The van der Waals surface area contributed by atoms with E-state index >= 15 is 0 Å². The summed E-state index contributed by atoms with van der Waals surface area (Å²) in [6.45, 7) is 0. The van der Waals surface area contributed by atoms with Crippen LogP contribution < -0.4 is 16.4 Å². The molecule has 2 aliphatic carbocycles. The van der Waals surface area contributed by atoms with Crippen LogP contribution in [0.1, 0.15) is 76.0 Å². The maximum atomic E-state index is 6.36. The predicted molar refractivity (Wildman–Crippen MR) is 113 cm³/mol. The van der Waals surface area contributed by atoms with Crippen LogP contribution in [-0.2, 0) is 0 Å². The number of aliphatic imine (C=N–C) groups is 2. The molecule has 2 heterocycles. The number of hydrogen-bond acceptors (Lipinski definition) is 6. The van der Waals surface area contributed by atoms with Crippen molar-refractivity contribution in [3.8, 4) is 0 Å². The summed E-state index contributed by atoms with van der Waals surface area (Å²) in [6, 6.07) is 6.31. The van der Waals surface area contributed by atoms with E-state index in [4.69, 9.17) is 21.4 Å². The lowest BCUT2D eigenvalue weighted by molar-refractivity contribution is 0.305. The molecule has 1 aliphatic heterocycles. The fourth-order valence-electron chi connectivity index (χ4n) is 5.22. The summed E-state index contributed by atoms with van der Waals surface area (Å²) in [7, 11) is 0. The molecule has 28 heavy (non-hydrogen) atoms. The number of benzene rings is 1. The molecule has 0 saturated heterocycles. The lowest BCUT2D eigenvalue weighted by Crippen LogP contribution is -2.58. The van der Waals surface area contributed by atoms with Crippen molar-refractivity contribution in [3.63, 3.8) is 0 Å². The summed E-state index contributed by atoms with van der Waals surface area (Å²) in [5.41, 5.74) is 15.0. The normalized spacial score (nSPS) is 23.1. The minimum Gasteiger partial charge on any atom is -0.369 e. The van der Waals surface area contributed by atoms with Crippen LogP contribution in [0.15, 0.2) is 28.2 Å². The van der Waals surface area contributed by atoms with Gasteiger partial charge >= 0.3 is 0 Å². The summed E-state index contributed by atoms with van der Waals surface area (Å²) in [5, 5.41) is 0. The molecule has 5 rings (SSSR count). The van der Waals surface area contributed by atoms with Crippen molar-refractivity contribution in [1.82, 2.24) is 9.97 Å². The number of rotatable bonds is 2. The Kier molecular flexibility index (Phi) is 4.25. The highest BCUT2D eigenvalue weighted by Crippen LogP contribution is 2.40. The molecule has 2 saturated carbocycles. The van der Waals surface area contributed by atoms with Crippen molar-refractivity contribution in [3.05, 3.63) is 24.0 Å². The molecule has 3 aliphatic rings. The molecule has 148 valence electrons. The number of anilines is 1. The Hall–Kier alpha value is -2.57. The molecular weight excluding hydrogens is 350 g/mol. The molecule has 5 N–H and O–H groups in total. The first-order valence-corrected chi connectivity index (χ1v) is 10.6. The van der Waals surface area contributed by atoms with Crippen molar-refractivity contribution >= 4 is 28.6 Å². The van der Waals surface area contributed by atoms with Gasteiger partial charge in [0.1, 0.15) is 11.5 Å². The number of aromatic amines is 1. The molecule has 1 aromatic carbocycles. The van der Waals surface area contributed by atoms with Crippen molar-refractivity contribution in [2.75, 3.05) is 4.90 Å². The van der Waals surface area contributed by atoms with E-state index in [1.165, 1.54) is 38.5 Å². The maximum Gasteiger partial charge on any atom is 0.220 e. The molecule has 1 aromatic heterocycles. The Morgan fingerprint density at radius 3 is 2.54 bits per heavy atom. The number of nitrogens with two attached hydrogens (primary N) is 2. The van der Waals surface area contributed by atoms with Gasteiger partial charge in [-0.1, -0.05) is 25.7 Å². The van der Waals surface area contributed by atoms with Gasteiger partial charge in [-0.05, 0) is 56.7 Å². The van der Waals surface area contributed by atoms with Crippen molar-refractivity contribution in [2.45, 2.75) is 75.8 Å². The third-order valence-corrected chi connectivity index (χ3v) is 6.59. The van der Waals surface area contributed by atoms with Crippen LogP contribution >= 0.6 is 0 Å². The lowest BCUT2D eigenvalue weighted by Gasteiger charge is -2.45. The molecule has 0 atom stereocenters. The third kappa shape index (κ3) is 2.93. The molecule has 7 nitrogen and oxygen atoms in total. The number of aromatic nitrogens is 2. The first kappa shape index (κ1) is 17.5. The third-order valence-electron chi connectivity index (χ3n) is 6.59. The second-order valence-electron chi connectivity index (χ2n) is 8.48. The maximum absolute atomic E-state index is 6.36. The van der Waals surface area contributed by atoms with Gasteiger partial charge in [0.2, 0.25) is 11.9 Å². The van der Waals surface area contributed by atoms with Gasteiger partial charge in [0.25, 0.3) is 0 Å². The quantitative estimate of drug-likeness (QED) is 0.739. The summed E-state index contributed by atoms with van der Waals surface area (Å²) in [4.78, 5) is 19.6. The Morgan fingerprint density at radius 1 is 1.00 bits per heavy atom. The van der Waals surface area contributed by atoms with Gasteiger partial charge in [-0.15, -0.1) is 0 Å².